The van der Waals surface area contributed by atoms with Crippen molar-refractivity contribution in [3.63, 3.8) is 0 Å². The third kappa shape index (κ3) is 8.49. The van der Waals surface area contributed by atoms with E-state index in [4.69, 9.17) is 28.4 Å². The minimum absolute atomic E-state index is 0.0130. The molecule has 4 fully saturated rings. The monoisotopic (exact) mass is 774 g/mol. The highest BCUT2D eigenvalue weighted by Gasteiger charge is 2.64. The van der Waals surface area contributed by atoms with Gasteiger partial charge < -0.3 is 38.6 Å². The Morgan fingerprint density at radius 2 is 1.67 bits per heavy atom. The molecule has 5 heterocycles. The van der Waals surface area contributed by atoms with Crippen LogP contribution >= 0.6 is 0 Å². The number of rotatable bonds is 12. The van der Waals surface area contributed by atoms with Gasteiger partial charge in [0.1, 0.15) is 5.78 Å². The second-order valence-corrected chi connectivity index (χ2v) is 18.3. The average molecular weight is 774 g/mol. The van der Waals surface area contributed by atoms with Crippen LogP contribution in [0.25, 0.3) is 0 Å². The molecule has 55 heavy (non-hydrogen) atoms. The molecule has 18 atom stereocenters. The minimum atomic E-state index is -1.36. The Balaban J connectivity index is 1.36. The number of ether oxygens (including phenoxy) is 6. The molecule has 5 rings (SSSR count). The summed E-state index contributed by atoms with van der Waals surface area (Å²) in [6.45, 7) is 21.3. The summed E-state index contributed by atoms with van der Waals surface area (Å²) in [5.74, 6) is -4.76. The number of aliphatic hydroxyl groups is 2. The third-order valence-corrected chi connectivity index (χ3v) is 14.6. The molecule has 2 N–H and O–H groups in total. The lowest BCUT2D eigenvalue weighted by Gasteiger charge is -2.54. The first-order chi connectivity index (χ1) is 25.8. The van der Waals surface area contributed by atoms with Crippen LogP contribution in [0.4, 0.5) is 0 Å². The maximum absolute atomic E-state index is 14.5. The van der Waals surface area contributed by atoms with Crippen molar-refractivity contribution in [2.75, 3.05) is 0 Å². The van der Waals surface area contributed by atoms with Crippen molar-refractivity contribution in [3.05, 3.63) is 12.2 Å². The number of Topliss-reactive ketones (excluding diaryl/α,β-unsaturated/α-hetero) is 1. The van der Waals surface area contributed by atoms with Crippen molar-refractivity contribution in [2.45, 2.75) is 206 Å². The smallest absolute Gasteiger partial charge is 0.303 e. The van der Waals surface area contributed by atoms with Crippen LogP contribution in [0.5, 0.6) is 0 Å². The Hall–Kier alpha value is -1.91. The van der Waals surface area contributed by atoms with Crippen LogP contribution in [0.2, 0.25) is 0 Å². The Morgan fingerprint density at radius 3 is 2.27 bits per heavy atom. The van der Waals surface area contributed by atoms with Crippen molar-refractivity contribution >= 4 is 11.8 Å². The molecule has 5 aliphatic heterocycles. The molecule has 11 heteroatoms. The molecule has 0 saturated carbocycles. The van der Waals surface area contributed by atoms with Crippen molar-refractivity contribution in [2.24, 2.45) is 41.4 Å². The van der Waals surface area contributed by atoms with Crippen LogP contribution in [-0.4, -0.2) is 87.5 Å². The van der Waals surface area contributed by atoms with Crippen molar-refractivity contribution in [1.82, 2.24) is 0 Å². The van der Waals surface area contributed by atoms with E-state index in [0.29, 0.717) is 51.4 Å². The van der Waals surface area contributed by atoms with Crippen LogP contribution in [0.3, 0.4) is 0 Å². The van der Waals surface area contributed by atoms with E-state index in [0.717, 1.165) is 12.8 Å². The number of hydrogen-bond acceptors (Lipinski definition) is 11. The van der Waals surface area contributed by atoms with Gasteiger partial charge in [-0.2, -0.15) is 5.26 Å². The van der Waals surface area contributed by atoms with E-state index in [1.54, 1.807) is 0 Å². The normalized spacial score (nSPS) is 44.7. The van der Waals surface area contributed by atoms with E-state index in [2.05, 4.69) is 26.8 Å². The Labute approximate surface area is 330 Å². The van der Waals surface area contributed by atoms with Crippen LogP contribution in [0.15, 0.2) is 12.2 Å². The molecule has 0 aromatic carbocycles. The quantitative estimate of drug-likeness (QED) is 0.153. The first-order valence-electron chi connectivity index (χ1n) is 21.4. The number of carbonyl (C=O) groups is 2. The molecule has 0 aromatic heterocycles. The van der Waals surface area contributed by atoms with Crippen molar-refractivity contribution in [1.29, 1.82) is 5.26 Å². The summed E-state index contributed by atoms with van der Waals surface area (Å²) in [4.78, 5) is 27.0. The van der Waals surface area contributed by atoms with Crippen LogP contribution < -0.4 is 0 Å². The number of ketones is 1. The predicted molar refractivity (Wildman–Crippen MR) is 206 cm³/mol. The van der Waals surface area contributed by atoms with Crippen LogP contribution in [0, 0.1) is 52.8 Å². The van der Waals surface area contributed by atoms with E-state index in [1.807, 2.05) is 60.6 Å². The summed E-state index contributed by atoms with van der Waals surface area (Å²) in [6.07, 6.45) is 6.72. The maximum Gasteiger partial charge on any atom is 0.303 e. The predicted octanol–water partition coefficient (Wildman–Crippen LogP) is 7.20. The van der Waals surface area contributed by atoms with Crippen molar-refractivity contribution < 1.29 is 48.2 Å². The lowest BCUT2D eigenvalue weighted by molar-refractivity contribution is -0.409. The van der Waals surface area contributed by atoms with E-state index < -0.39 is 58.9 Å². The molecular weight excluding hydrogens is 702 g/mol. The fourth-order valence-corrected chi connectivity index (χ4v) is 10.6. The summed E-state index contributed by atoms with van der Waals surface area (Å²) in [7, 11) is 0. The van der Waals surface area contributed by atoms with Gasteiger partial charge in [-0.25, -0.2) is 0 Å². The zero-order valence-corrected chi connectivity index (χ0v) is 35.4. The number of nitriles is 1. The van der Waals surface area contributed by atoms with Crippen LogP contribution in [0.1, 0.15) is 140 Å². The fraction of sp³-hybridized carbons (Fsp3) is 0.886. The molecule has 0 aromatic rings. The van der Waals surface area contributed by atoms with Gasteiger partial charge in [0.05, 0.1) is 59.8 Å². The number of nitrogens with zero attached hydrogens (tertiary/aromatic N) is 1. The van der Waals surface area contributed by atoms with E-state index in [9.17, 15) is 25.1 Å². The molecule has 0 aliphatic carbocycles. The lowest BCUT2D eigenvalue weighted by Crippen LogP contribution is -2.63. The van der Waals surface area contributed by atoms with E-state index in [1.165, 1.54) is 6.92 Å². The maximum atomic E-state index is 14.5. The first-order valence-corrected chi connectivity index (χ1v) is 21.4. The SMILES string of the molecule is CCC(C(=O)[C@@H](C)[C@@H](O)[C@H](C)[C@@H]1O[C@@H]([C@H](C#N)CC)CC[C@@H]1C)[C@H]1O[C@]2(C=C[C@@H](OC(C)=O)[C@]3(CC[C@@](C)([C@H]4CC[C@](O)(CC)[C@H](C)O4)O3)O2)[C@H](C)C[C@@H]1C. The van der Waals surface area contributed by atoms with Gasteiger partial charge in [0.2, 0.25) is 5.79 Å². The van der Waals surface area contributed by atoms with Gasteiger partial charge in [-0.15, -0.1) is 0 Å². The van der Waals surface area contributed by atoms with E-state index >= 15 is 0 Å². The minimum Gasteiger partial charge on any atom is -0.453 e. The molecule has 5 aliphatic rings. The Morgan fingerprint density at radius 1 is 0.964 bits per heavy atom. The van der Waals surface area contributed by atoms with Gasteiger partial charge in [0, 0.05) is 37.0 Å². The van der Waals surface area contributed by atoms with Crippen molar-refractivity contribution in [3.8, 4) is 6.07 Å². The standard InChI is InChI=1S/C44H71NO10/c1-12-32(24-45)34-16-15-25(4)39(52-34)29(8)37(47)28(7)38(48)33(13-2)40-26(5)23-27(6)43(53-40)20-18-36(51-31(10)46)44(55-43)22-21-41(11,54-44)35-17-19-42(49,14-3)30(9)50-35/h18,20,25-30,32-37,39-40,47,49H,12-17,19,21-23H2,1-11H3/t25-,26-,27+,28-,29-,30-,32-,33?,34+,35+,36+,37+,39+,40-,41-,42+,43-,44-/m0/s1. The second kappa shape index (κ2) is 17.1. The number of esters is 1. The van der Waals surface area contributed by atoms with Crippen LogP contribution in [-0.2, 0) is 38.0 Å². The van der Waals surface area contributed by atoms with Gasteiger partial charge in [-0.3, -0.25) is 9.59 Å². The topological polar surface area (TPSA) is 154 Å². The third-order valence-electron chi connectivity index (χ3n) is 14.6. The summed E-state index contributed by atoms with van der Waals surface area (Å²) in [5.41, 5.74) is -1.68. The molecule has 1 unspecified atom stereocenters. The van der Waals surface area contributed by atoms with Gasteiger partial charge in [0.25, 0.3) is 0 Å². The van der Waals surface area contributed by atoms with Gasteiger partial charge >= 0.3 is 5.97 Å². The largest absolute Gasteiger partial charge is 0.453 e. The zero-order chi connectivity index (χ0) is 40.7. The Kier molecular flexibility index (Phi) is 13.8. The summed E-state index contributed by atoms with van der Waals surface area (Å²) < 4.78 is 40.0. The highest BCUT2D eigenvalue weighted by Crippen LogP contribution is 2.54. The van der Waals surface area contributed by atoms with Gasteiger partial charge in [-0.1, -0.05) is 55.4 Å². The first kappa shape index (κ1) is 44.2. The molecule has 0 radical (unpaired) electrons. The molecule has 0 bridgehead atoms. The van der Waals surface area contributed by atoms with E-state index in [-0.39, 0.29) is 59.8 Å². The number of carbonyl (C=O) groups excluding carboxylic acids is 2. The van der Waals surface area contributed by atoms with Gasteiger partial charge in [0.15, 0.2) is 11.9 Å². The summed E-state index contributed by atoms with van der Waals surface area (Å²) in [5, 5.41) is 32.6. The molecular formula is C44H71NO10. The highest BCUT2D eigenvalue weighted by atomic mass is 16.8. The number of hydrogen-bond donors (Lipinski definition) is 2. The summed E-state index contributed by atoms with van der Waals surface area (Å²) in [6, 6.07) is 2.39. The molecule has 312 valence electrons. The Bertz CT molecular complexity index is 1430. The lowest BCUT2D eigenvalue weighted by atomic mass is 9.72. The van der Waals surface area contributed by atoms with Gasteiger partial charge in [-0.05, 0) is 95.6 Å². The molecule has 11 nitrogen and oxygen atoms in total. The average Bonchev–Trinajstić information content (AvgIpc) is 3.49. The second-order valence-electron chi connectivity index (χ2n) is 18.3. The highest BCUT2D eigenvalue weighted by molar-refractivity contribution is 5.84. The zero-order valence-electron chi connectivity index (χ0n) is 35.4. The number of aliphatic hydroxyl groups excluding tert-OH is 1. The summed E-state index contributed by atoms with van der Waals surface area (Å²) >= 11 is 0. The molecule has 2 spiro atoms. The molecule has 4 saturated heterocycles. The fourth-order valence-electron chi connectivity index (χ4n) is 10.6. The molecule has 0 amide bonds.